The lowest BCUT2D eigenvalue weighted by Crippen LogP contribution is -2.18. The lowest BCUT2D eigenvalue weighted by atomic mass is 10.1. The number of carbonyl (C=O) groups is 1. The van der Waals surface area contributed by atoms with Crippen LogP contribution in [0.1, 0.15) is 25.6 Å². The van der Waals surface area contributed by atoms with Gasteiger partial charge < -0.3 is 5.32 Å². The van der Waals surface area contributed by atoms with Crippen molar-refractivity contribution in [3.05, 3.63) is 42.1 Å². The van der Waals surface area contributed by atoms with Crippen molar-refractivity contribution < 1.29 is 6.22 Å². The van der Waals surface area contributed by atoms with Gasteiger partial charge in [0.1, 0.15) is 0 Å². The third-order valence-electron chi connectivity index (χ3n) is 2.12. The summed E-state index contributed by atoms with van der Waals surface area (Å²) in [5, 5.41) is 3.49. The Morgan fingerprint density at radius 3 is 2.69 bits per heavy atom. The molecule has 2 aromatic rings. The average molecular weight is 218 g/mol. The molecule has 0 aliphatic rings. The second kappa shape index (κ2) is 5.85. The van der Waals surface area contributed by atoms with Crippen molar-refractivity contribution in [2.45, 2.75) is 13.8 Å². The molecule has 1 amide bonds. The molecule has 0 aliphatic heterocycles. The Morgan fingerprint density at radius 2 is 2.00 bits per heavy atom. The molecule has 86 valence electrons. The van der Waals surface area contributed by atoms with Crippen molar-refractivity contribution in [3.63, 3.8) is 0 Å². The highest BCUT2D eigenvalue weighted by Gasteiger charge is 2.06. The van der Waals surface area contributed by atoms with E-state index in [1.807, 2.05) is 38.1 Å². The van der Waals surface area contributed by atoms with E-state index in [4.69, 9.17) is 0 Å². The number of amides is 1. The Bertz CT molecular complexity index is 480. The van der Waals surface area contributed by atoms with Gasteiger partial charge in [-0.25, -0.2) is 0 Å². The zero-order valence-corrected chi connectivity index (χ0v) is 9.82. The third-order valence-corrected chi connectivity index (χ3v) is 2.12. The molecule has 1 aromatic carbocycles. The summed E-state index contributed by atoms with van der Waals surface area (Å²) in [7, 11) is 1.62. The molecule has 0 unspecified atom stereocenters. The number of nitrogens with zero attached hydrogens (tertiary/aromatic N) is 1. The van der Waals surface area contributed by atoms with Crippen LogP contribution in [-0.2, 0) is 0 Å². The minimum atomic E-state index is -0.0800. The van der Waals surface area contributed by atoms with Crippen molar-refractivity contribution in [1.29, 1.82) is 0 Å². The van der Waals surface area contributed by atoms with E-state index in [2.05, 4.69) is 10.3 Å². The predicted molar refractivity (Wildman–Crippen MR) is 68.6 cm³/mol. The summed E-state index contributed by atoms with van der Waals surface area (Å²) in [4.78, 5) is 15.7. The molecule has 0 fully saturated rings. The number of hydrogen-bond donors (Lipinski definition) is 1. The van der Waals surface area contributed by atoms with Gasteiger partial charge in [0.15, 0.2) is 0 Å². The lowest BCUT2D eigenvalue weighted by Gasteiger charge is -2.03. The highest BCUT2D eigenvalue weighted by molar-refractivity contribution is 6.05. The monoisotopic (exact) mass is 218 g/mol. The average Bonchev–Trinajstić information content (AvgIpc) is 2.39. The molecule has 0 aliphatic carbocycles. The second-order valence-corrected chi connectivity index (χ2v) is 2.95. The molecule has 1 heterocycles. The Labute approximate surface area is 97.0 Å². The first kappa shape index (κ1) is 12.2. The fourth-order valence-corrected chi connectivity index (χ4v) is 1.44. The molecule has 3 nitrogen and oxygen atoms in total. The van der Waals surface area contributed by atoms with E-state index in [9.17, 15) is 4.79 Å². The van der Waals surface area contributed by atoms with Gasteiger partial charge in [-0.2, -0.15) is 0 Å². The van der Waals surface area contributed by atoms with Crippen molar-refractivity contribution in [2.24, 2.45) is 0 Å². The third kappa shape index (κ3) is 2.37. The van der Waals surface area contributed by atoms with Crippen LogP contribution in [0.5, 0.6) is 0 Å². The molecular weight excluding hydrogens is 200 g/mol. The topological polar surface area (TPSA) is 42.0 Å². The summed E-state index contributed by atoms with van der Waals surface area (Å²) in [6.07, 6.45) is 1.72. The molecule has 0 saturated carbocycles. The fraction of sp³-hybridized carbons (Fsp3) is 0.231. The molecule has 0 bridgehead atoms. The SMILES string of the molecule is CC.CNC(=O)c1cccc2ncccc12.[HH]. The van der Waals surface area contributed by atoms with E-state index >= 15 is 0 Å². The summed E-state index contributed by atoms with van der Waals surface area (Å²) in [5.41, 5.74) is 1.51. The van der Waals surface area contributed by atoms with Crippen LogP contribution in [0.25, 0.3) is 10.9 Å². The van der Waals surface area contributed by atoms with Crippen LogP contribution in [-0.4, -0.2) is 17.9 Å². The number of rotatable bonds is 1. The predicted octanol–water partition coefficient (Wildman–Crippen LogP) is 2.87. The zero-order valence-electron chi connectivity index (χ0n) is 9.82. The lowest BCUT2D eigenvalue weighted by molar-refractivity contribution is 0.0964. The van der Waals surface area contributed by atoms with E-state index < -0.39 is 0 Å². The Balaban J connectivity index is 0.000000811. The smallest absolute Gasteiger partial charge is 0.251 e. The Hall–Kier alpha value is -1.90. The van der Waals surface area contributed by atoms with Gasteiger partial charge in [-0.3, -0.25) is 9.78 Å². The number of fused-ring (bicyclic) bond motifs is 1. The summed E-state index contributed by atoms with van der Waals surface area (Å²) in [5.74, 6) is -0.0800. The summed E-state index contributed by atoms with van der Waals surface area (Å²) >= 11 is 0. The number of pyridine rings is 1. The fourth-order valence-electron chi connectivity index (χ4n) is 1.44. The standard InChI is InChI=1S/C11H10N2O.C2H6.H2/c1-12-11(14)9-4-2-6-10-8(9)5-3-7-13-10;1-2;/h2-7H,1H3,(H,12,14);1-2H3;1H. The van der Waals surface area contributed by atoms with E-state index in [1.54, 1.807) is 19.3 Å². The Kier molecular flexibility index (Phi) is 4.45. The first-order valence-corrected chi connectivity index (χ1v) is 5.39. The first-order chi connectivity index (χ1) is 7.83. The first-order valence-electron chi connectivity index (χ1n) is 5.39. The van der Waals surface area contributed by atoms with Crippen LogP contribution < -0.4 is 5.32 Å². The maximum Gasteiger partial charge on any atom is 0.251 e. The molecule has 2 rings (SSSR count). The van der Waals surface area contributed by atoms with Gasteiger partial charge in [0.05, 0.1) is 5.52 Å². The van der Waals surface area contributed by atoms with Crippen LogP contribution in [0.15, 0.2) is 36.5 Å². The normalized spacial score (nSPS) is 9.19. The molecule has 3 heteroatoms. The number of nitrogens with one attached hydrogen (secondary N) is 1. The van der Waals surface area contributed by atoms with Crippen molar-refractivity contribution in [1.82, 2.24) is 10.3 Å². The summed E-state index contributed by atoms with van der Waals surface area (Å²) in [6, 6.07) is 9.24. The quantitative estimate of drug-likeness (QED) is 0.799. The molecular formula is C13H18N2O. The molecule has 16 heavy (non-hydrogen) atoms. The minimum Gasteiger partial charge on any atom is -0.355 e. The molecule has 1 N–H and O–H groups in total. The van der Waals surface area contributed by atoms with Gasteiger partial charge in [-0.05, 0) is 18.2 Å². The van der Waals surface area contributed by atoms with Gasteiger partial charge >= 0.3 is 0 Å². The second-order valence-electron chi connectivity index (χ2n) is 2.95. The molecule has 1 aromatic heterocycles. The van der Waals surface area contributed by atoms with Gasteiger partial charge in [0, 0.05) is 25.6 Å². The van der Waals surface area contributed by atoms with Gasteiger partial charge in [0.2, 0.25) is 0 Å². The molecule has 0 atom stereocenters. The van der Waals surface area contributed by atoms with Gasteiger partial charge in [-0.1, -0.05) is 26.0 Å². The van der Waals surface area contributed by atoms with Crippen LogP contribution >= 0.6 is 0 Å². The van der Waals surface area contributed by atoms with Crippen LogP contribution in [0.3, 0.4) is 0 Å². The largest absolute Gasteiger partial charge is 0.355 e. The number of aromatic nitrogens is 1. The van der Waals surface area contributed by atoms with Crippen molar-refractivity contribution >= 4 is 16.8 Å². The summed E-state index contributed by atoms with van der Waals surface area (Å²) < 4.78 is 0. The van der Waals surface area contributed by atoms with Crippen LogP contribution in [0.4, 0.5) is 0 Å². The van der Waals surface area contributed by atoms with E-state index in [0.717, 1.165) is 10.9 Å². The van der Waals surface area contributed by atoms with Crippen molar-refractivity contribution in [3.8, 4) is 0 Å². The molecule has 0 radical (unpaired) electrons. The number of carbonyl (C=O) groups excluding carboxylic acids is 1. The zero-order chi connectivity index (χ0) is 12.0. The molecule has 0 saturated heterocycles. The van der Waals surface area contributed by atoms with Crippen molar-refractivity contribution in [2.75, 3.05) is 7.05 Å². The maximum atomic E-state index is 11.5. The maximum absolute atomic E-state index is 11.5. The van der Waals surface area contributed by atoms with E-state index in [-0.39, 0.29) is 7.33 Å². The van der Waals surface area contributed by atoms with Gasteiger partial charge in [-0.15, -0.1) is 0 Å². The highest BCUT2D eigenvalue weighted by Crippen LogP contribution is 2.15. The minimum absolute atomic E-state index is 0. The number of benzene rings is 1. The number of hydrogen-bond acceptors (Lipinski definition) is 2. The summed E-state index contributed by atoms with van der Waals surface area (Å²) in [6.45, 7) is 4.00. The molecule has 0 spiro atoms. The Morgan fingerprint density at radius 1 is 1.25 bits per heavy atom. The van der Waals surface area contributed by atoms with Crippen LogP contribution in [0, 0.1) is 0 Å². The van der Waals surface area contributed by atoms with Crippen LogP contribution in [0.2, 0.25) is 0 Å². The highest BCUT2D eigenvalue weighted by atomic mass is 16.1. The van der Waals surface area contributed by atoms with E-state index in [1.165, 1.54) is 0 Å². The van der Waals surface area contributed by atoms with Gasteiger partial charge in [0.25, 0.3) is 5.91 Å². The van der Waals surface area contributed by atoms with E-state index in [0.29, 0.717) is 5.56 Å².